The van der Waals surface area contributed by atoms with Crippen LogP contribution in [0.1, 0.15) is 25.8 Å². The molecule has 0 aliphatic heterocycles. The highest BCUT2D eigenvalue weighted by Crippen LogP contribution is 2.32. The van der Waals surface area contributed by atoms with Crippen molar-refractivity contribution in [3.63, 3.8) is 0 Å². The topological polar surface area (TPSA) is 21.7 Å². The van der Waals surface area contributed by atoms with Crippen molar-refractivity contribution < 1.29 is 9.47 Å². The summed E-state index contributed by atoms with van der Waals surface area (Å²) in [5.41, 5.74) is 1.11. The first-order chi connectivity index (χ1) is 11.2. The van der Waals surface area contributed by atoms with Gasteiger partial charge in [0, 0.05) is 6.54 Å². The molecular formula is C20H27NO2. The standard InChI is InChI=1S/C20H27NO2/c1-4-21(5-2)15-10-16-22-19-13-8-9-14-20(19)23-18-12-7-6-11-17(18)3/h6-9,11-14H,4-5,10,15-16H2,1-3H3. The Hall–Kier alpha value is -2.00. The van der Waals surface area contributed by atoms with E-state index in [9.17, 15) is 0 Å². The van der Waals surface area contributed by atoms with Crippen molar-refractivity contribution in [2.45, 2.75) is 27.2 Å². The number of ether oxygens (including phenoxy) is 2. The molecule has 3 heteroatoms. The lowest BCUT2D eigenvalue weighted by Crippen LogP contribution is -2.25. The van der Waals surface area contributed by atoms with E-state index in [0.29, 0.717) is 6.61 Å². The van der Waals surface area contributed by atoms with E-state index in [-0.39, 0.29) is 0 Å². The molecule has 0 fully saturated rings. The SMILES string of the molecule is CCN(CC)CCCOc1ccccc1Oc1ccccc1C. The molecule has 0 unspecified atom stereocenters. The van der Waals surface area contributed by atoms with E-state index in [4.69, 9.17) is 9.47 Å². The average Bonchev–Trinajstić information content (AvgIpc) is 2.58. The van der Waals surface area contributed by atoms with E-state index in [1.807, 2.05) is 55.5 Å². The summed E-state index contributed by atoms with van der Waals surface area (Å²) in [6.07, 6.45) is 1.01. The van der Waals surface area contributed by atoms with Crippen molar-refractivity contribution in [3.05, 3.63) is 54.1 Å². The lowest BCUT2D eigenvalue weighted by molar-refractivity contribution is 0.244. The van der Waals surface area contributed by atoms with Crippen LogP contribution in [0.2, 0.25) is 0 Å². The van der Waals surface area contributed by atoms with Crippen LogP contribution in [0.4, 0.5) is 0 Å². The van der Waals surface area contributed by atoms with E-state index >= 15 is 0 Å². The number of rotatable bonds is 9. The Bertz CT molecular complexity index is 594. The van der Waals surface area contributed by atoms with E-state index in [2.05, 4.69) is 18.7 Å². The van der Waals surface area contributed by atoms with Crippen LogP contribution in [0.5, 0.6) is 17.2 Å². The molecule has 2 rings (SSSR count). The molecule has 23 heavy (non-hydrogen) atoms. The molecule has 0 aromatic heterocycles. The van der Waals surface area contributed by atoms with Crippen molar-refractivity contribution in [1.82, 2.24) is 4.90 Å². The van der Waals surface area contributed by atoms with E-state index in [1.165, 1.54) is 0 Å². The van der Waals surface area contributed by atoms with Gasteiger partial charge in [-0.15, -0.1) is 0 Å². The van der Waals surface area contributed by atoms with Crippen LogP contribution < -0.4 is 9.47 Å². The number of nitrogens with zero attached hydrogens (tertiary/aromatic N) is 1. The monoisotopic (exact) mass is 313 g/mol. The number of para-hydroxylation sites is 3. The Morgan fingerprint density at radius 3 is 2.09 bits per heavy atom. The molecule has 124 valence electrons. The summed E-state index contributed by atoms with van der Waals surface area (Å²) < 4.78 is 12.0. The minimum absolute atomic E-state index is 0.699. The summed E-state index contributed by atoms with van der Waals surface area (Å²) in [6, 6.07) is 15.9. The minimum atomic E-state index is 0.699. The highest BCUT2D eigenvalue weighted by Gasteiger charge is 2.07. The number of aryl methyl sites for hydroxylation is 1. The van der Waals surface area contributed by atoms with Crippen molar-refractivity contribution in [3.8, 4) is 17.2 Å². The zero-order valence-corrected chi connectivity index (χ0v) is 14.4. The van der Waals surface area contributed by atoms with Crippen molar-refractivity contribution in [2.75, 3.05) is 26.2 Å². The Labute approximate surface area is 139 Å². The van der Waals surface area contributed by atoms with Crippen molar-refractivity contribution >= 4 is 0 Å². The molecular weight excluding hydrogens is 286 g/mol. The molecule has 0 saturated carbocycles. The second-order valence-electron chi connectivity index (χ2n) is 5.54. The molecule has 0 spiro atoms. The molecule has 0 radical (unpaired) electrons. The van der Waals surface area contributed by atoms with Gasteiger partial charge in [0.05, 0.1) is 6.61 Å². The van der Waals surface area contributed by atoms with Gasteiger partial charge in [-0.3, -0.25) is 0 Å². The van der Waals surface area contributed by atoms with Gasteiger partial charge in [-0.2, -0.15) is 0 Å². The van der Waals surface area contributed by atoms with Gasteiger partial charge in [0.1, 0.15) is 5.75 Å². The summed E-state index contributed by atoms with van der Waals surface area (Å²) in [4.78, 5) is 2.40. The maximum atomic E-state index is 6.03. The second kappa shape index (κ2) is 9.21. The lowest BCUT2D eigenvalue weighted by atomic mass is 10.2. The van der Waals surface area contributed by atoms with Crippen LogP contribution in [-0.2, 0) is 0 Å². The Balaban J connectivity index is 1.94. The number of hydrogen-bond acceptors (Lipinski definition) is 3. The number of hydrogen-bond donors (Lipinski definition) is 0. The average molecular weight is 313 g/mol. The van der Waals surface area contributed by atoms with Crippen molar-refractivity contribution in [1.29, 1.82) is 0 Å². The molecule has 0 atom stereocenters. The third-order valence-corrected chi connectivity index (χ3v) is 3.93. The first-order valence-corrected chi connectivity index (χ1v) is 8.42. The smallest absolute Gasteiger partial charge is 0.169 e. The van der Waals surface area contributed by atoms with E-state index < -0.39 is 0 Å². The largest absolute Gasteiger partial charge is 0.490 e. The molecule has 3 nitrogen and oxygen atoms in total. The molecule has 0 aliphatic carbocycles. The fourth-order valence-electron chi connectivity index (χ4n) is 2.45. The van der Waals surface area contributed by atoms with Gasteiger partial charge in [0.15, 0.2) is 11.5 Å². The number of benzene rings is 2. The summed E-state index contributed by atoms with van der Waals surface area (Å²) in [5, 5.41) is 0. The maximum Gasteiger partial charge on any atom is 0.169 e. The summed E-state index contributed by atoms with van der Waals surface area (Å²) in [7, 11) is 0. The quantitative estimate of drug-likeness (QED) is 0.615. The summed E-state index contributed by atoms with van der Waals surface area (Å²) in [6.45, 7) is 10.4. The lowest BCUT2D eigenvalue weighted by Gasteiger charge is -2.18. The van der Waals surface area contributed by atoms with Crippen LogP contribution in [0.15, 0.2) is 48.5 Å². The van der Waals surface area contributed by atoms with Crippen LogP contribution in [-0.4, -0.2) is 31.1 Å². The molecule has 0 amide bonds. The van der Waals surface area contributed by atoms with Gasteiger partial charge in [-0.1, -0.05) is 44.2 Å². The highest BCUT2D eigenvalue weighted by atomic mass is 16.5. The predicted octanol–water partition coefficient (Wildman–Crippen LogP) is 4.90. The van der Waals surface area contributed by atoms with Gasteiger partial charge < -0.3 is 14.4 Å². The maximum absolute atomic E-state index is 6.03. The van der Waals surface area contributed by atoms with Crippen LogP contribution in [0.3, 0.4) is 0 Å². The summed E-state index contributed by atoms with van der Waals surface area (Å²) in [5.74, 6) is 2.44. The summed E-state index contributed by atoms with van der Waals surface area (Å²) >= 11 is 0. The van der Waals surface area contributed by atoms with Crippen LogP contribution in [0.25, 0.3) is 0 Å². The minimum Gasteiger partial charge on any atom is -0.490 e. The molecule has 0 saturated heterocycles. The molecule has 2 aromatic rings. The molecule has 2 aromatic carbocycles. The Kier molecular flexibility index (Phi) is 6.95. The first kappa shape index (κ1) is 17.4. The molecule has 0 heterocycles. The van der Waals surface area contributed by atoms with E-state index in [1.54, 1.807) is 0 Å². The van der Waals surface area contributed by atoms with Gasteiger partial charge in [0.2, 0.25) is 0 Å². The first-order valence-electron chi connectivity index (χ1n) is 8.42. The zero-order valence-electron chi connectivity index (χ0n) is 14.4. The third kappa shape index (κ3) is 5.29. The fraction of sp³-hybridized carbons (Fsp3) is 0.400. The molecule has 0 aliphatic rings. The Morgan fingerprint density at radius 1 is 0.826 bits per heavy atom. The third-order valence-electron chi connectivity index (χ3n) is 3.93. The normalized spacial score (nSPS) is 10.8. The Morgan fingerprint density at radius 2 is 1.43 bits per heavy atom. The molecule has 0 N–H and O–H groups in total. The van der Waals surface area contributed by atoms with Crippen molar-refractivity contribution in [2.24, 2.45) is 0 Å². The van der Waals surface area contributed by atoms with Gasteiger partial charge in [-0.25, -0.2) is 0 Å². The van der Waals surface area contributed by atoms with Gasteiger partial charge >= 0.3 is 0 Å². The van der Waals surface area contributed by atoms with Gasteiger partial charge in [0.25, 0.3) is 0 Å². The fourth-order valence-corrected chi connectivity index (χ4v) is 2.45. The predicted molar refractivity (Wildman–Crippen MR) is 95.6 cm³/mol. The van der Waals surface area contributed by atoms with Crippen LogP contribution in [0, 0.1) is 6.92 Å². The zero-order chi connectivity index (χ0) is 16.5. The van der Waals surface area contributed by atoms with Crippen LogP contribution >= 0.6 is 0 Å². The highest BCUT2D eigenvalue weighted by molar-refractivity contribution is 5.44. The van der Waals surface area contributed by atoms with Gasteiger partial charge in [-0.05, 0) is 50.2 Å². The second-order valence-corrected chi connectivity index (χ2v) is 5.54. The molecule has 0 bridgehead atoms. The van der Waals surface area contributed by atoms with E-state index in [0.717, 1.165) is 48.9 Å².